The Balaban J connectivity index is 1.33. The van der Waals surface area contributed by atoms with Gasteiger partial charge >= 0.3 is 0 Å². The van der Waals surface area contributed by atoms with Crippen LogP contribution in [0.15, 0.2) is 50.7 Å². The third kappa shape index (κ3) is 4.03. The van der Waals surface area contributed by atoms with Crippen molar-refractivity contribution in [2.24, 2.45) is 5.92 Å². The van der Waals surface area contributed by atoms with E-state index in [1.54, 1.807) is 6.07 Å². The van der Waals surface area contributed by atoms with Gasteiger partial charge in [-0.1, -0.05) is 18.2 Å². The second-order valence-electron chi connectivity index (χ2n) is 6.80. The molecule has 0 radical (unpaired) electrons. The van der Waals surface area contributed by atoms with Crippen LogP contribution in [0.25, 0.3) is 11.0 Å². The lowest BCUT2D eigenvalue weighted by atomic mass is 9.98. The number of carbonyl (C=O) groups is 1. The number of benzene rings is 1. The highest BCUT2D eigenvalue weighted by molar-refractivity contribution is 9.10. The normalized spacial score (nSPS) is 18.3. The molecule has 1 amide bonds. The number of furan rings is 1. The van der Waals surface area contributed by atoms with Crippen LogP contribution in [0.5, 0.6) is 0 Å². The first kappa shape index (κ1) is 17.8. The van der Waals surface area contributed by atoms with E-state index in [2.05, 4.69) is 43.7 Å². The number of hydrogen-bond donors (Lipinski definition) is 1. The van der Waals surface area contributed by atoms with Crippen LogP contribution in [0.4, 0.5) is 0 Å². The van der Waals surface area contributed by atoms with Crippen LogP contribution in [0.1, 0.15) is 28.3 Å². The van der Waals surface area contributed by atoms with Crippen LogP contribution in [-0.2, 0) is 6.54 Å². The summed E-state index contributed by atoms with van der Waals surface area (Å²) in [5.74, 6) is 0.727. The summed E-state index contributed by atoms with van der Waals surface area (Å²) in [6.45, 7) is 3.88. The van der Waals surface area contributed by atoms with E-state index in [0.717, 1.165) is 41.5 Å². The summed E-state index contributed by atoms with van der Waals surface area (Å²) in [5, 5.41) is 6.12. The van der Waals surface area contributed by atoms with Crippen molar-refractivity contribution in [3.05, 3.63) is 56.9 Å². The molecule has 1 aliphatic heterocycles. The molecule has 1 N–H and O–H groups in total. The molecule has 0 aliphatic carbocycles. The van der Waals surface area contributed by atoms with E-state index in [1.165, 1.54) is 11.3 Å². The number of thiophene rings is 1. The van der Waals surface area contributed by atoms with Crippen LogP contribution in [-0.4, -0.2) is 30.4 Å². The molecule has 26 heavy (non-hydrogen) atoms. The predicted molar refractivity (Wildman–Crippen MR) is 109 cm³/mol. The van der Waals surface area contributed by atoms with Crippen LogP contribution in [0.3, 0.4) is 0 Å². The fourth-order valence-corrected chi connectivity index (χ4v) is 4.76. The molecule has 136 valence electrons. The largest absolute Gasteiger partial charge is 0.450 e. The molecule has 0 saturated carbocycles. The first-order chi connectivity index (χ1) is 12.7. The molecule has 4 rings (SSSR count). The zero-order valence-electron chi connectivity index (χ0n) is 14.4. The number of nitrogens with zero attached hydrogens (tertiary/aromatic N) is 1. The van der Waals surface area contributed by atoms with E-state index >= 15 is 0 Å². The summed E-state index contributed by atoms with van der Waals surface area (Å²) in [6.07, 6.45) is 2.34. The minimum absolute atomic E-state index is 0.136. The molecule has 1 fully saturated rings. The average molecular weight is 433 g/mol. The monoisotopic (exact) mass is 432 g/mol. The molecule has 1 aromatic carbocycles. The Bertz CT molecular complexity index is 890. The Morgan fingerprint density at radius 1 is 1.35 bits per heavy atom. The maximum atomic E-state index is 12.5. The summed E-state index contributed by atoms with van der Waals surface area (Å²) in [5.41, 5.74) is 0.720. The van der Waals surface area contributed by atoms with E-state index in [9.17, 15) is 4.79 Å². The SMILES string of the molecule is O=C(NCC1CCCN(Cc2cccs2)C1)c1cc2cccc(Br)c2o1. The van der Waals surface area contributed by atoms with Crippen LogP contribution in [0, 0.1) is 5.92 Å². The molecular formula is C20H21BrN2O2S. The van der Waals surface area contributed by atoms with Crippen molar-refractivity contribution in [1.82, 2.24) is 10.2 Å². The summed E-state index contributed by atoms with van der Waals surface area (Å²) >= 11 is 5.27. The molecule has 2 aromatic heterocycles. The zero-order chi connectivity index (χ0) is 17.9. The molecule has 1 atom stereocenters. The lowest BCUT2D eigenvalue weighted by Crippen LogP contribution is -2.40. The second-order valence-corrected chi connectivity index (χ2v) is 8.69. The fourth-order valence-electron chi connectivity index (χ4n) is 3.55. The van der Waals surface area contributed by atoms with Crippen molar-refractivity contribution in [1.29, 1.82) is 0 Å². The first-order valence-corrected chi connectivity index (χ1v) is 10.6. The first-order valence-electron chi connectivity index (χ1n) is 8.90. The molecule has 0 spiro atoms. The third-order valence-electron chi connectivity index (χ3n) is 4.83. The van der Waals surface area contributed by atoms with Gasteiger partial charge in [0, 0.05) is 29.9 Å². The number of rotatable bonds is 5. The summed E-state index contributed by atoms with van der Waals surface area (Å²) in [7, 11) is 0. The van der Waals surface area contributed by atoms with Crippen molar-refractivity contribution in [2.75, 3.05) is 19.6 Å². The van der Waals surface area contributed by atoms with E-state index in [-0.39, 0.29) is 5.91 Å². The number of hydrogen-bond acceptors (Lipinski definition) is 4. The van der Waals surface area contributed by atoms with Gasteiger partial charge in [-0.05, 0) is 64.8 Å². The Kier molecular flexibility index (Phi) is 5.43. The van der Waals surface area contributed by atoms with Gasteiger partial charge in [0.1, 0.15) is 5.58 Å². The van der Waals surface area contributed by atoms with Crippen molar-refractivity contribution in [3.63, 3.8) is 0 Å². The topological polar surface area (TPSA) is 45.5 Å². The number of carbonyl (C=O) groups excluding carboxylic acids is 1. The van der Waals surface area contributed by atoms with Gasteiger partial charge in [0.2, 0.25) is 0 Å². The quantitative estimate of drug-likeness (QED) is 0.623. The lowest BCUT2D eigenvalue weighted by molar-refractivity contribution is 0.0905. The average Bonchev–Trinajstić information content (AvgIpc) is 3.30. The number of piperidine rings is 1. The van der Waals surface area contributed by atoms with Crippen LogP contribution >= 0.6 is 27.3 Å². The van der Waals surface area contributed by atoms with Gasteiger partial charge in [-0.15, -0.1) is 11.3 Å². The molecule has 0 bridgehead atoms. The highest BCUT2D eigenvalue weighted by atomic mass is 79.9. The Labute approximate surface area is 165 Å². The maximum Gasteiger partial charge on any atom is 0.287 e. The molecule has 1 unspecified atom stereocenters. The van der Waals surface area contributed by atoms with Gasteiger partial charge in [0.25, 0.3) is 5.91 Å². The lowest BCUT2D eigenvalue weighted by Gasteiger charge is -2.32. The van der Waals surface area contributed by atoms with Gasteiger partial charge in [-0.3, -0.25) is 9.69 Å². The number of fused-ring (bicyclic) bond motifs is 1. The molecule has 4 nitrogen and oxygen atoms in total. The molecule has 1 saturated heterocycles. The number of likely N-dealkylation sites (tertiary alicyclic amines) is 1. The summed E-state index contributed by atoms with van der Waals surface area (Å²) in [4.78, 5) is 16.4. The van der Waals surface area contributed by atoms with E-state index in [4.69, 9.17) is 4.42 Å². The molecule has 6 heteroatoms. The maximum absolute atomic E-state index is 12.5. The van der Waals surface area contributed by atoms with Crippen LogP contribution in [0.2, 0.25) is 0 Å². The van der Waals surface area contributed by atoms with Crippen LogP contribution < -0.4 is 5.32 Å². The Morgan fingerprint density at radius 2 is 2.27 bits per heavy atom. The van der Waals surface area contributed by atoms with E-state index in [0.29, 0.717) is 18.2 Å². The fraction of sp³-hybridized carbons (Fsp3) is 0.350. The summed E-state index contributed by atoms with van der Waals surface area (Å²) < 4.78 is 6.59. The van der Waals surface area contributed by atoms with Gasteiger partial charge in [0.15, 0.2) is 5.76 Å². The molecule has 3 aromatic rings. The van der Waals surface area contributed by atoms with E-state index < -0.39 is 0 Å². The Hall–Kier alpha value is -1.63. The minimum Gasteiger partial charge on any atom is -0.450 e. The highest BCUT2D eigenvalue weighted by Crippen LogP contribution is 2.27. The van der Waals surface area contributed by atoms with Gasteiger partial charge in [0.05, 0.1) is 4.47 Å². The van der Waals surface area contributed by atoms with Gasteiger partial charge in [-0.2, -0.15) is 0 Å². The van der Waals surface area contributed by atoms with Crippen molar-refractivity contribution >= 4 is 44.1 Å². The minimum atomic E-state index is -0.136. The number of amides is 1. The highest BCUT2D eigenvalue weighted by Gasteiger charge is 2.22. The van der Waals surface area contributed by atoms with E-state index in [1.807, 2.05) is 29.5 Å². The molecule has 3 heterocycles. The van der Waals surface area contributed by atoms with Crippen molar-refractivity contribution in [3.8, 4) is 0 Å². The van der Waals surface area contributed by atoms with Gasteiger partial charge < -0.3 is 9.73 Å². The van der Waals surface area contributed by atoms with Crippen molar-refractivity contribution < 1.29 is 9.21 Å². The van der Waals surface area contributed by atoms with Crippen molar-refractivity contribution in [2.45, 2.75) is 19.4 Å². The predicted octanol–water partition coefficient (Wildman–Crippen LogP) is 4.90. The Morgan fingerprint density at radius 3 is 3.08 bits per heavy atom. The summed E-state index contributed by atoms with van der Waals surface area (Å²) in [6, 6.07) is 11.9. The zero-order valence-corrected chi connectivity index (χ0v) is 16.8. The standard InChI is InChI=1S/C20H21BrN2O2S/c21-17-7-1-5-15-10-18(25-19(15)17)20(24)22-11-14-4-2-8-23(12-14)13-16-6-3-9-26-16/h1,3,5-7,9-10,14H,2,4,8,11-13H2,(H,22,24). The smallest absolute Gasteiger partial charge is 0.287 e. The second kappa shape index (κ2) is 7.94. The number of nitrogens with one attached hydrogen (secondary N) is 1. The number of para-hydroxylation sites is 1. The number of halogens is 1. The van der Waals surface area contributed by atoms with Gasteiger partial charge in [-0.25, -0.2) is 0 Å². The third-order valence-corrected chi connectivity index (χ3v) is 6.32. The molecule has 1 aliphatic rings. The molecular weight excluding hydrogens is 412 g/mol.